The molecule has 2 rings (SSSR count). The maximum Gasteiger partial charge on any atom is 0.292 e. The number of sulfonamides is 1. The van der Waals surface area contributed by atoms with E-state index in [1.165, 1.54) is 12.1 Å². The van der Waals surface area contributed by atoms with Crippen molar-refractivity contribution < 1.29 is 18.1 Å². The Morgan fingerprint density at radius 3 is 2.71 bits per heavy atom. The van der Waals surface area contributed by atoms with Crippen LogP contribution < -0.4 is 15.8 Å². The third-order valence-electron chi connectivity index (χ3n) is 3.02. The number of hydrogen-bond acceptors (Lipinski definition) is 6. The Bertz CT molecular complexity index is 701. The predicted octanol–water partition coefficient (Wildman–Crippen LogP) is 0.180. The van der Waals surface area contributed by atoms with Gasteiger partial charge in [0.1, 0.15) is 5.69 Å². The van der Waals surface area contributed by atoms with Crippen molar-refractivity contribution in [2.24, 2.45) is 5.14 Å². The molecule has 4 N–H and O–H groups in total. The number of primary sulfonamides is 1. The molecular formula is C11H14N4O5S. The lowest BCUT2D eigenvalue weighted by Gasteiger charge is -2.18. The Labute approximate surface area is 120 Å². The molecular weight excluding hydrogens is 300 g/mol. The number of carbonyl (C=O) groups excluding carboxylic acids is 1. The number of carbonyl (C=O) groups is 1. The lowest BCUT2D eigenvalue weighted by atomic mass is 10.0. The highest BCUT2D eigenvalue weighted by molar-refractivity contribution is 7.89. The van der Waals surface area contributed by atoms with Crippen LogP contribution in [0.2, 0.25) is 0 Å². The second-order valence-electron chi connectivity index (χ2n) is 4.63. The molecule has 1 heterocycles. The third-order valence-corrected chi connectivity index (χ3v) is 3.79. The van der Waals surface area contributed by atoms with E-state index in [0.29, 0.717) is 17.7 Å². The van der Waals surface area contributed by atoms with Gasteiger partial charge in [0.25, 0.3) is 5.69 Å². The predicted molar refractivity (Wildman–Crippen MR) is 76.5 cm³/mol. The quantitative estimate of drug-likeness (QED) is 0.522. The number of benzene rings is 1. The van der Waals surface area contributed by atoms with Crippen molar-refractivity contribution in [3.63, 3.8) is 0 Å². The molecule has 1 amide bonds. The molecule has 1 aliphatic heterocycles. The maximum atomic E-state index is 11.3. The molecule has 0 aliphatic carbocycles. The van der Waals surface area contributed by atoms with E-state index in [2.05, 4.69) is 10.6 Å². The van der Waals surface area contributed by atoms with E-state index in [4.69, 9.17) is 5.14 Å². The average molecular weight is 314 g/mol. The fourth-order valence-electron chi connectivity index (χ4n) is 2.04. The molecule has 0 bridgehead atoms. The van der Waals surface area contributed by atoms with Gasteiger partial charge in [-0.1, -0.05) is 0 Å². The van der Waals surface area contributed by atoms with Crippen LogP contribution in [0.5, 0.6) is 0 Å². The van der Waals surface area contributed by atoms with Crippen LogP contribution in [0.4, 0.5) is 17.1 Å². The van der Waals surface area contributed by atoms with E-state index in [1.54, 1.807) is 0 Å². The molecule has 10 heteroatoms. The van der Waals surface area contributed by atoms with Gasteiger partial charge in [-0.2, -0.15) is 0 Å². The van der Waals surface area contributed by atoms with Crippen LogP contribution in [0.1, 0.15) is 12.0 Å². The highest BCUT2D eigenvalue weighted by atomic mass is 32.2. The average Bonchev–Trinajstić information content (AvgIpc) is 2.36. The van der Waals surface area contributed by atoms with Crippen molar-refractivity contribution in [3.8, 4) is 0 Å². The number of aryl methyl sites for hydroxylation is 1. The Kier molecular flexibility index (Phi) is 4.09. The summed E-state index contributed by atoms with van der Waals surface area (Å²) in [6, 6.07) is 2.82. The third kappa shape index (κ3) is 3.89. The van der Waals surface area contributed by atoms with Crippen LogP contribution in [0.25, 0.3) is 0 Å². The van der Waals surface area contributed by atoms with E-state index in [-0.39, 0.29) is 36.0 Å². The molecule has 0 saturated heterocycles. The lowest BCUT2D eigenvalue weighted by Crippen LogP contribution is -2.23. The number of nitrogens with one attached hydrogen (secondary N) is 2. The molecule has 1 aliphatic rings. The van der Waals surface area contributed by atoms with Crippen molar-refractivity contribution in [2.75, 3.05) is 22.9 Å². The number of hydrogen-bond donors (Lipinski definition) is 3. The van der Waals surface area contributed by atoms with Crippen molar-refractivity contribution in [1.29, 1.82) is 0 Å². The summed E-state index contributed by atoms with van der Waals surface area (Å²) in [7, 11) is -3.66. The summed E-state index contributed by atoms with van der Waals surface area (Å²) >= 11 is 0. The summed E-state index contributed by atoms with van der Waals surface area (Å²) in [5, 5.41) is 21.2. The Hall–Kier alpha value is -2.20. The maximum absolute atomic E-state index is 11.3. The Morgan fingerprint density at radius 2 is 2.10 bits per heavy atom. The zero-order chi connectivity index (χ0) is 15.6. The number of amides is 1. The second kappa shape index (κ2) is 5.66. The summed E-state index contributed by atoms with van der Waals surface area (Å²) in [5.41, 5.74) is 1.15. The molecule has 0 aromatic heterocycles. The highest BCUT2D eigenvalue weighted by Crippen LogP contribution is 2.33. The number of nitro groups is 1. The minimum atomic E-state index is -3.66. The number of rotatable bonds is 5. The fraction of sp³-hybridized carbons (Fsp3) is 0.364. The van der Waals surface area contributed by atoms with E-state index in [9.17, 15) is 23.3 Å². The lowest BCUT2D eigenvalue weighted by molar-refractivity contribution is -0.384. The van der Waals surface area contributed by atoms with Gasteiger partial charge < -0.3 is 10.6 Å². The number of nitrogens with two attached hydrogens (primary N) is 1. The molecule has 21 heavy (non-hydrogen) atoms. The van der Waals surface area contributed by atoms with Gasteiger partial charge in [-0.05, 0) is 18.1 Å². The summed E-state index contributed by atoms with van der Waals surface area (Å²) in [6.45, 7) is -0.0631. The molecule has 114 valence electrons. The molecule has 1 aromatic carbocycles. The van der Waals surface area contributed by atoms with Crippen LogP contribution in [0, 0.1) is 10.1 Å². The number of fused-ring (bicyclic) bond motifs is 1. The number of nitrogens with zero attached hydrogens (tertiary/aromatic N) is 1. The number of nitro benzene ring substituents is 1. The van der Waals surface area contributed by atoms with Crippen LogP contribution in [0.3, 0.4) is 0 Å². The number of anilines is 2. The van der Waals surface area contributed by atoms with Crippen LogP contribution >= 0.6 is 0 Å². The molecule has 0 radical (unpaired) electrons. The van der Waals surface area contributed by atoms with Crippen molar-refractivity contribution in [2.45, 2.75) is 12.8 Å². The van der Waals surface area contributed by atoms with E-state index in [0.717, 1.165) is 0 Å². The summed E-state index contributed by atoms with van der Waals surface area (Å²) in [4.78, 5) is 21.8. The summed E-state index contributed by atoms with van der Waals surface area (Å²) < 4.78 is 21.7. The van der Waals surface area contributed by atoms with Gasteiger partial charge in [0.15, 0.2) is 0 Å². The van der Waals surface area contributed by atoms with Crippen molar-refractivity contribution in [3.05, 3.63) is 27.8 Å². The molecule has 9 nitrogen and oxygen atoms in total. The van der Waals surface area contributed by atoms with Gasteiger partial charge in [-0.15, -0.1) is 0 Å². The summed E-state index contributed by atoms with van der Waals surface area (Å²) in [5.74, 6) is -0.514. The topological polar surface area (TPSA) is 144 Å². The molecule has 0 spiro atoms. The van der Waals surface area contributed by atoms with Crippen LogP contribution in [-0.4, -0.2) is 31.5 Å². The van der Waals surface area contributed by atoms with Gasteiger partial charge in [0.05, 0.1) is 10.7 Å². The Morgan fingerprint density at radius 1 is 1.38 bits per heavy atom. The second-order valence-corrected chi connectivity index (χ2v) is 6.36. The first kappa shape index (κ1) is 15.2. The first-order valence-electron chi connectivity index (χ1n) is 6.12. The van der Waals surface area contributed by atoms with E-state index >= 15 is 0 Å². The van der Waals surface area contributed by atoms with Crippen molar-refractivity contribution >= 4 is 33.0 Å². The van der Waals surface area contributed by atoms with Crippen LogP contribution in [-0.2, 0) is 21.2 Å². The zero-order valence-corrected chi connectivity index (χ0v) is 11.8. The minimum absolute atomic E-state index is 0.0631. The molecule has 1 aromatic rings. The summed E-state index contributed by atoms with van der Waals surface area (Å²) in [6.07, 6.45) is 0.710. The monoisotopic (exact) mass is 314 g/mol. The van der Waals surface area contributed by atoms with Crippen molar-refractivity contribution in [1.82, 2.24) is 0 Å². The van der Waals surface area contributed by atoms with Gasteiger partial charge in [-0.3, -0.25) is 14.9 Å². The molecule has 0 atom stereocenters. The SMILES string of the molecule is NS(=O)(=O)CCNc1cc2c(cc1[N+](=O)[O-])CCC(=O)N2. The first-order valence-corrected chi connectivity index (χ1v) is 7.83. The zero-order valence-electron chi connectivity index (χ0n) is 11.0. The largest absolute Gasteiger partial charge is 0.378 e. The van der Waals surface area contributed by atoms with Gasteiger partial charge in [0.2, 0.25) is 15.9 Å². The molecule has 0 unspecified atom stereocenters. The van der Waals surface area contributed by atoms with E-state index < -0.39 is 14.9 Å². The van der Waals surface area contributed by atoms with Crippen LogP contribution in [0.15, 0.2) is 12.1 Å². The van der Waals surface area contributed by atoms with Gasteiger partial charge in [-0.25, -0.2) is 13.6 Å². The van der Waals surface area contributed by atoms with Gasteiger partial charge >= 0.3 is 0 Å². The smallest absolute Gasteiger partial charge is 0.292 e. The first-order chi connectivity index (χ1) is 9.76. The fourth-order valence-corrected chi connectivity index (χ4v) is 2.42. The van der Waals surface area contributed by atoms with E-state index in [1.807, 2.05) is 0 Å². The molecule has 0 saturated carbocycles. The Balaban J connectivity index is 2.28. The minimum Gasteiger partial charge on any atom is -0.378 e. The highest BCUT2D eigenvalue weighted by Gasteiger charge is 2.22. The van der Waals surface area contributed by atoms with Gasteiger partial charge in [0, 0.05) is 24.7 Å². The standard InChI is InChI=1S/C11H14N4O5S/c12-21(19,20)4-3-13-9-6-8-7(1-2-11(16)14-8)5-10(9)15(17)18/h5-6,13H,1-4H2,(H,14,16)(H2,12,19,20). The molecule has 0 fully saturated rings. The normalized spacial score (nSPS) is 14.2.